The Morgan fingerprint density at radius 1 is 1.53 bits per heavy atom. The molecule has 2 aromatic rings. The monoisotopic (exact) mass is 207 g/mol. The Labute approximate surface area is 87.7 Å². The van der Waals surface area contributed by atoms with Gasteiger partial charge in [-0.05, 0) is 12.1 Å². The van der Waals surface area contributed by atoms with Crippen molar-refractivity contribution in [2.45, 2.75) is 12.8 Å². The van der Waals surface area contributed by atoms with Crippen LogP contribution in [0.25, 0.3) is 11.0 Å². The molecule has 0 aliphatic heterocycles. The van der Waals surface area contributed by atoms with Crippen LogP contribution in [0, 0.1) is 5.82 Å². The summed E-state index contributed by atoms with van der Waals surface area (Å²) < 4.78 is 14.9. The summed E-state index contributed by atoms with van der Waals surface area (Å²) in [5.74, 6) is -0.0488. The topological polar surface area (TPSA) is 43.8 Å². The SMILES string of the molecule is CC(CN)c1cc2cc(F)cnc2n1C. The highest BCUT2D eigenvalue weighted by molar-refractivity contribution is 5.77. The summed E-state index contributed by atoms with van der Waals surface area (Å²) in [4.78, 5) is 4.06. The molecule has 0 aliphatic carbocycles. The Bertz CT molecular complexity index is 490. The predicted octanol–water partition coefficient (Wildman–Crippen LogP) is 1.77. The Balaban J connectivity index is 2.63. The van der Waals surface area contributed by atoms with Crippen LogP contribution in [0.15, 0.2) is 18.3 Å². The van der Waals surface area contributed by atoms with E-state index in [1.165, 1.54) is 12.3 Å². The molecule has 80 valence electrons. The van der Waals surface area contributed by atoms with Gasteiger partial charge >= 0.3 is 0 Å². The van der Waals surface area contributed by atoms with E-state index >= 15 is 0 Å². The third-order valence-electron chi connectivity index (χ3n) is 2.73. The van der Waals surface area contributed by atoms with E-state index in [2.05, 4.69) is 4.98 Å². The first kappa shape index (κ1) is 10.1. The molecule has 0 saturated carbocycles. The van der Waals surface area contributed by atoms with Crippen LogP contribution in [0.5, 0.6) is 0 Å². The maximum Gasteiger partial charge on any atom is 0.142 e. The van der Waals surface area contributed by atoms with Crippen molar-refractivity contribution in [3.05, 3.63) is 29.8 Å². The fourth-order valence-electron chi connectivity index (χ4n) is 1.81. The van der Waals surface area contributed by atoms with Crippen molar-refractivity contribution in [1.29, 1.82) is 0 Å². The quantitative estimate of drug-likeness (QED) is 0.815. The standard InChI is InChI=1S/C11H14FN3/c1-7(5-13)10-4-8-3-9(12)6-14-11(8)15(10)2/h3-4,6-7H,5,13H2,1-2H3. The fraction of sp³-hybridized carbons (Fsp3) is 0.364. The molecule has 1 unspecified atom stereocenters. The van der Waals surface area contributed by atoms with Gasteiger partial charge in [-0.1, -0.05) is 6.92 Å². The van der Waals surface area contributed by atoms with Crippen molar-refractivity contribution in [3.63, 3.8) is 0 Å². The molecule has 2 heterocycles. The highest BCUT2D eigenvalue weighted by Gasteiger charge is 2.12. The number of aromatic nitrogens is 2. The van der Waals surface area contributed by atoms with Gasteiger partial charge in [-0.15, -0.1) is 0 Å². The van der Waals surface area contributed by atoms with Gasteiger partial charge in [-0.25, -0.2) is 9.37 Å². The molecule has 0 spiro atoms. The number of hydrogen-bond acceptors (Lipinski definition) is 2. The van der Waals surface area contributed by atoms with Crippen LogP contribution in [0.3, 0.4) is 0 Å². The Kier molecular flexibility index (Phi) is 2.44. The molecular weight excluding hydrogens is 193 g/mol. The molecule has 2 rings (SSSR count). The lowest BCUT2D eigenvalue weighted by atomic mass is 10.1. The average molecular weight is 207 g/mol. The van der Waals surface area contributed by atoms with E-state index in [0.29, 0.717) is 6.54 Å². The molecule has 4 heteroatoms. The van der Waals surface area contributed by atoms with Gasteiger partial charge in [0.05, 0.1) is 6.20 Å². The minimum absolute atomic E-state index is 0.257. The lowest BCUT2D eigenvalue weighted by molar-refractivity contribution is 0.623. The van der Waals surface area contributed by atoms with Gasteiger partial charge in [-0.2, -0.15) is 0 Å². The lowest BCUT2D eigenvalue weighted by Gasteiger charge is -2.09. The second kappa shape index (κ2) is 3.62. The lowest BCUT2D eigenvalue weighted by Crippen LogP contribution is -2.12. The van der Waals surface area contributed by atoms with Gasteiger partial charge in [0.25, 0.3) is 0 Å². The van der Waals surface area contributed by atoms with Gasteiger partial charge in [0.2, 0.25) is 0 Å². The number of pyridine rings is 1. The van der Waals surface area contributed by atoms with E-state index in [1.807, 2.05) is 24.6 Å². The van der Waals surface area contributed by atoms with Crippen molar-refractivity contribution in [3.8, 4) is 0 Å². The zero-order valence-corrected chi connectivity index (χ0v) is 8.87. The second-order valence-corrected chi connectivity index (χ2v) is 3.83. The van der Waals surface area contributed by atoms with E-state index in [9.17, 15) is 4.39 Å². The summed E-state index contributed by atoms with van der Waals surface area (Å²) in [5.41, 5.74) is 7.50. The number of aryl methyl sites for hydroxylation is 1. The van der Waals surface area contributed by atoms with Crippen LogP contribution in [-0.2, 0) is 7.05 Å². The Hall–Kier alpha value is -1.42. The first-order chi connectivity index (χ1) is 7.13. The van der Waals surface area contributed by atoms with Crippen molar-refractivity contribution in [2.75, 3.05) is 6.54 Å². The van der Waals surface area contributed by atoms with E-state index in [4.69, 9.17) is 5.73 Å². The molecule has 2 N–H and O–H groups in total. The van der Waals surface area contributed by atoms with E-state index in [1.54, 1.807) is 0 Å². The summed E-state index contributed by atoms with van der Waals surface area (Å²) >= 11 is 0. The molecule has 0 bridgehead atoms. The number of nitrogens with two attached hydrogens (primary N) is 1. The summed E-state index contributed by atoms with van der Waals surface area (Å²) in [6, 6.07) is 3.44. The minimum atomic E-state index is -0.306. The molecule has 0 amide bonds. The van der Waals surface area contributed by atoms with Crippen molar-refractivity contribution >= 4 is 11.0 Å². The van der Waals surface area contributed by atoms with Crippen molar-refractivity contribution in [2.24, 2.45) is 12.8 Å². The van der Waals surface area contributed by atoms with Crippen LogP contribution in [0.1, 0.15) is 18.5 Å². The number of halogens is 1. The van der Waals surface area contributed by atoms with Crippen LogP contribution in [-0.4, -0.2) is 16.1 Å². The molecule has 1 atom stereocenters. The molecule has 0 aliphatic rings. The number of rotatable bonds is 2. The molecule has 0 saturated heterocycles. The second-order valence-electron chi connectivity index (χ2n) is 3.83. The summed E-state index contributed by atoms with van der Waals surface area (Å²) in [6.45, 7) is 2.62. The van der Waals surface area contributed by atoms with Crippen molar-refractivity contribution in [1.82, 2.24) is 9.55 Å². The fourth-order valence-corrected chi connectivity index (χ4v) is 1.81. The van der Waals surface area contributed by atoms with Gasteiger partial charge in [-0.3, -0.25) is 0 Å². The Morgan fingerprint density at radius 3 is 2.93 bits per heavy atom. The number of nitrogens with zero attached hydrogens (tertiary/aromatic N) is 2. The first-order valence-corrected chi connectivity index (χ1v) is 4.94. The minimum Gasteiger partial charge on any atom is -0.332 e. The molecule has 0 radical (unpaired) electrons. The van der Waals surface area contributed by atoms with Crippen LogP contribution in [0.2, 0.25) is 0 Å². The normalized spacial score (nSPS) is 13.3. The average Bonchev–Trinajstić information content (AvgIpc) is 2.54. The maximum atomic E-state index is 13.0. The van der Waals surface area contributed by atoms with Gasteiger partial charge < -0.3 is 10.3 Å². The molecule has 15 heavy (non-hydrogen) atoms. The summed E-state index contributed by atoms with van der Waals surface area (Å²) in [6.07, 6.45) is 1.24. The highest BCUT2D eigenvalue weighted by Crippen LogP contribution is 2.22. The molecule has 0 fully saturated rings. The largest absolute Gasteiger partial charge is 0.332 e. The zero-order valence-electron chi connectivity index (χ0n) is 8.87. The van der Waals surface area contributed by atoms with Gasteiger partial charge in [0.1, 0.15) is 11.5 Å². The molecule has 3 nitrogen and oxygen atoms in total. The van der Waals surface area contributed by atoms with Crippen LogP contribution < -0.4 is 5.73 Å². The smallest absolute Gasteiger partial charge is 0.142 e. The number of hydrogen-bond donors (Lipinski definition) is 1. The third kappa shape index (κ3) is 1.61. The zero-order chi connectivity index (χ0) is 11.0. The van der Waals surface area contributed by atoms with Gasteiger partial charge in [0, 0.05) is 30.6 Å². The van der Waals surface area contributed by atoms with Crippen LogP contribution in [0.4, 0.5) is 4.39 Å². The predicted molar refractivity (Wildman–Crippen MR) is 58.1 cm³/mol. The first-order valence-electron chi connectivity index (χ1n) is 4.94. The number of fused-ring (bicyclic) bond motifs is 1. The maximum absolute atomic E-state index is 13.0. The summed E-state index contributed by atoms with van der Waals surface area (Å²) in [7, 11) is 1.93. The van der Waals surface area contributed by atoms with Crippen molar-refractivity contribution < 1.29 is 4.39 Å². The third-order valence-corrected chi connectivity index (χ3v) is 2.73. The van der Waals surface area contributed by atoms with E-state index in [-0.39, 0.29) is 11.7 Å². The molecule has 2 aromatic heterocycles. The molecular formula is C11H14FN3. The highest BCUT2D eigenvalue weighted by atomic mass is 19.1. The Morgan fingerprint density at radius 2 is 2.27 bits per heavy atom. The van der Waals surface area contributed by atoms with Gasteiger partial charge in [0.15, 0.2) is 0 Å². The molecule has 0 aromatic carbocycles. The summed E-state index contributed by atoms with van der Waals surface area (Å²) in [5, 5.41) is 0.827. The van der Waals surface area contributed by atoms with Crippen LogP contribution >= 0.6 is 0 Å². The van der Waals surface area contributed by atoms with E-state index < -0.39 is 0 Å². The van der Waals surface area contributed by atoms with E-state index in [0.717, 1.165) is 16.7 Å².